The van der Waals surface area contributed by atoms with Gasteiger partial charge in [-0.05, 0) is 38.4 Å². The minimum Gasteiger partial charge on any atom is -0.460 e. The molecule has 0 bridgehead atoms. The van der Waals surface area contributed by atoms with Crippen LogP contribution in [-0.4, -0.2) is 29.0 Å². The number of aromatic nitrogens is 1. The van der Waals surface area contributed by atoms with E-state index in [-0.39, 0.29) is 0 Å². The molecule has 1 atom stereocenters. The van der Waals surface area contributed by atoms with Crippen molar-refractivity contribution >= 4 is 11.0 Å². The van der Waals surface area contributed by atoms with Gasteiger partial charge in [-0.3, -0.25) is 4.98 Å². The fourth-order valence-electron chi connectivity index (χ4n) is 3.69. The first-order valence-electron chi connectivity index (χ1n) is 8.85. The first-order chi connectivity index (χ1) is 12.2. The molecule has 0 radical (unpaired) electrons. The quantitative estimate of drug-likeness (QED) is 0.711. The Balaban J connectivity index is 1.63. The maximum Gasteiger partial charge on any atom is 0.142 e. The lowest BCUT2D eigenvalue weighted by atomic mass is 10.0. The van der Waals surface area contributed by atoms with Crippen LogP contribution < -0.4 is 0 Å². The van der Waals surface area contributed by atoms with Gasteiger partial charge in [-0.2, -0.15) is 5.26 Å². The van der Waals surface area contributed by atoms with Gasteiger partial charge in [0.15, 0.2) is 0 Å². The Kier molecular flexibility index (Phi) is 4.25. The van der Waals surface area contributed by atoms with Gasteiger partial charge >= 0.3 is 0 Å². The predicted molar refractivity (Wildman–Crippen MR) is 98.1 cm³/mol. The van der Waals surface area contributed by atoms with Crippen LogP contribution in [0.5, 0.6) is 0 Å². The van der Waals surface area contributed by atoms with Crippen molar-refractivity contribution in [2.24, 2.45) is 0 Å². The first-order valence-corrected chi connectivity index (χ1v) is 8.85. The number of hydrogen-bond donors (Lipinski definition) is 0. The largest absolute Gasteiger partial charge is 0.460 e. The molecule has 4 rings (SSSR count). The average molecular weight is 331 g/mol. The summed E-state index contributed by atoms with van der Waals surface area (Å²) in [6, 6.07) is 13.0. The smallest absolute Gasteiger partial charge is 0.142 e. The molecule has 126 valence electrons. The number of pyridine rings is 1. The van der Waals surface area contributed by atoms with Crippen molar-refractivity contribution in [2.45, 2.75) is 32.2 Å². The molecule has 3 heterocycles. The van der Waals surface area contributed by atoms with Crippen LogP contribution in [0.25, 0.3) is 22.1 Å². The fraction of sp³-hybridized carbons (Fsp3) is 0.333. The molecule has 2 aromatic heterocycles. The van der Waals surface area contributed by atoms with E-state index in [2.05, 4.69) is 35.0 Å². The maximum atomic E-state index is 9.10. The predicted octanol–water partition coefficient (Wildman–Crippen LogP) is 4.39. The SMILES string of the molecule is C[C@@H]1CCCN1CCc1cc2cccc(-c3cncc(C#N)c3)c2o1. The van der Waals surface area contributed by atoms with Gasteiger partial charge < -0.3 is 9.32 Å². The van der Waals surface area contributed by atoms with Crippen LogP contribution in [-0.2, 0) is 6.42 Å². The summed E-state index contributed by atoms with van der Waals surface area (Å²) in [6.45, 7) is 4.54. The molecule has 0 aliphatic carbocycles. The molecule has 1 aromatic carbocycles. The van der Waals surface area contributed by atoms with Crippen LogP contribution in [0.3, 0.4) is 0 Å². The topological polar surface area (TPSA) is 53.1 Å². The molecular formula is C21H21N3O. The van der Waals surface area contributed by atoms with E-state index in [0.29, 0.717) is 11.6 Å². The van der Waals surface area contributed by atoms with Gasteiger partial charge in [-0.1, -0.05) is 18.2 Å². The molecule has 3 aromatic rings. The summed E-state index contributed by atoms with van der Waals surface area (Å²) in [6.07, 6.45) is 6.88. The summed E-state index contributed by atoms with van der Waals surface area (Å²) in [4.78, 5) is 6.71. The van der Waals surface area contributed by atoms with Crippen molar-refractivity contribution in [2.75, 3.05) is 13.1 Å². The minimum atomic E-state index is 0.560. The van der Waals surface area contributed by atoms with Crippen molar-refractivity contribution in [3.8, 4) is 17.2 Å². The summed E-state index contributed by atoms with van der Waals surface area (Å²) in [7, 11) is 0. The second kappa shape index (κ2) is 6.70. The standard InChI is InChI=1S/C21H21N3O/c1-15-4-3-8-24(15)9-7-19-11-17-5-2-6-20(21(17)25-19)18-10-16(12-22)13-23-14-18/h2,5-6,10-11,13-15H,3-4,7-9H2,1H3/t15-/m1/s1. The normalized spacial score (nSPS) is 17.8. The summed E-state index contributed by atoms with van der Waals surface area (Å²) >= 11 is 0. The highest BCUT2D eigenvalue weighted by Crippen LogP contribution is 2.31. The number of para-hydroxylation sites is 1. The molecule has 0 N–H and O–H groups in total. The summed E-state index contributed by atoms with van der Waals surface area (Å²) in [5.41, 5.74) is 3.34. The number of benzene rings is 1. The molecule has 1 fully saturated rings. The number of furan rings is 1. The molecule has 1 aliphatic heterocycles. The van der Waals surface area contributed by atoms with Crippen LogP contribution in [0.1, 0.15) is 31.1 Å². The molecule has 0 spiro atoms. The lowest BCUT2D eigenvalue weighted by Gasteiger charge is -2.19. The Morgan fingerprint density at radius 2 is 2.24 bits per heavy atom. The van der Waals surface area contributed by atoms with E-state index in [1.807, 2.05) is 18.2 Å². The van der Waals surface area contributed by atoms with Crippen molar-refractivity contribution in [1.82, 2.24) is 9.88 Å². The van der Waals surface area contributed by atoms with Gasteiger partial charge in [0.2, 0.25) is 0 Å². The Hall–Kier alpha value is -2.64. The number of nitrogens with zero attached hydrogens (tertiary/aromatic N) is 3. The van der Waals surface area contributed by atoms with E-state index in [9.17, 15) is 0 Å². The first kappa shape index (κ1) is 15.9. The van der Waals surface area contributed by atoms with E-state index in [0.717, 1.165) is 40.8 Å². The zero-order valence-corrected chi connectivity index (χ0v) is 14.4. The lowest BCUT2D eigenvalue weighted by Crippen LogP contribution is -2.28. The highest BCUT2D eigenvalue weighted by Gasteiger charge is 2.20. The van der Waals surface area contributed by atoms with Crippen LogP contribution >= 0.6 is 0 Å². The van der Waals surface area contributed by atoms with Crippen molar-refractivity contribution in [1.29, 1.82) is 5.26 Å². The molecular weight excluding hydrogens is 310 g/mol. The van der Waals surface area contributed by atoms with Crippen LogP contribution in [0.2, 0.25) is 0 Å². The van der Waals surface area contributed by atoms with E-state index in [4.69, 9.17) is 9.68 Å². The Morgan fingerprint density at radius 3 is 3.04 bits per heavy atom. The number of fused-ring (bicyclic) bond motifs is 1. The molecule has 4 heteroatoms. The lowest BCUT2D eigenvalue weighted by molar-refractivity contribution is 0.266. The second-order valence-electron chi connectivity index (χ2n) is 6.79. The van der Waals surface area contributed by atoms with Crippen LogP contribution in [0.15, 0.2) is 47.1 Å². The molecule has 1 aliphatic rings. The molecule has 25 heavy (non-hydrogen) atoms. The number of nitriles is 1. The molecule has 0 saturated carbocycles. The van der Waals surface area contributed by atoms with E-state index in [1.54, 1.807) is 12.4 Å². The molecule has 1 saturated heterocycles. The second-order valence-corrected chi connectivity index (χ2v) is 6.79. The minimum absolute atomic E-state index is 0.560. The van der Waals surface area contributed by atoms with E-state index >= 15 is 0 Å². The monoisotopic (exact) mass is 331 g/mol. The van der Waals surface area contributed by atoms with Gasteiger partial charge in [-0.15, -0.1) is 0 Å². The Bertz CT molecular complexity index is 938. The fourth-order valence-corrected chi connectivity index (χ4v) is 3.69. The van der Waals surface area contributed by atoms with Crippen molar-refractivity contribution < 1.29 is 4.42 Å². The van der Waals surface area contributed by atoms with E-state index in [1.165, 1.54) is 19.4 Å². The highest BCUT2D eigenvalue weighted by molar-refractivity contribution is 5.92. The zero-order valence-electron chi connectivity index (χ0n) is 14.4. The number of likely N-dealkylation sites (tertiary alicyclic amines) is 1. The summed E-state index contributed by atoms with van der Waals surface area (Å²) in [5.74, 6) is 1.02. The van der Waals surface area contributed by atoms with Gasteiger partial charge in [0.1, 0.15) is 17.4 Å². The Morgan fingerprint density at radius 1 is 1.32 bits per heavy atom. The summed E-state index contributed by atoms with van der Waals surface area (Å²) in [5, 5.41) is 10.2. The molecule has 4 nitrogen and oxygen atoms in total. The molecule has 0 unspecified atom stereocenters. The number of rotatable bonds is 4. The third kappa shape index (κ3) is 3.16. The highest BCUT2D eigenvalue weighted by atomic mass is 16.3. The average Bonchev–Trinajstić information content (AvgIpc) is 3.25. The van der Waals surface area contributed by atoms with Gasteiger partial charge in [-0.25, -0.2) is 0 Å². The van der Waals surface area contributed by atoms with Crippen molar-refractivity contribution in [3.63, 3.8) is 0 Å². The van der Waals surface area contributed by atoms with Crippen LogP contribution in [0, 0.1) is 11.3 Å². The third-order valence-corrected chi connectivity index (χ3v) is 5.11. The summed E-state index contributed by atoms with van der Waals surface area (Å²) < 4.78 is 6.18. The zero-order chi connectivity index (χ0) is 17.2. The van der Waals surface area contributed by atoms with Gasteiger partial charge in [0, 0.05) is 47.9 Å². The molecule has 0 amide bonds. The van der Waals surface area contributed by atoms with Crippen molar-refractivity contribution in [3.05, 3.63) is 54.0 Å². The van der Waals surface area contributed by atoms with Crippen LogP contribution in [0.4, 0.5) is 0 Å². The van der Waals surface area contributed by atoms with E-state index < -0.39 is 0 Å². The number of hydrogen-bond acceptors (Lipinski definition) is 4. The van der Waals surface area contributed by atoms with Gasteiger partial charge in [0.05, 0.1) is 5.56 Å². The van der Waals surface area contributed by atoms with Gasteiger partial charge in [0.25, 0.3) is 0 Å². The maximum absolute atomic E-state index is 9.10. The third-order valence-electron chi connectivity index (χ3n) is 5.11. The Labute approximate surface area is 147 Å².